The fourth-order valence-electron chi connectivity index (χ4n) is 2.50. The molecule has 2 N–H and O–H groups in total. The van der Waals surface area contributed by atoms with E-state index in [0.717, 1.165) is 11.3 Å². The van der Waals surface area contributed by atoms with E-state index in [9.17, 15) is 13.2 Å². The third-order valence-electron chi connectivity index (χ3n) is 3.82. The Kier molecular flexibility index (Phi) is 7.86. The molecule has 2 aromatic rings. The number of carbonyl (C=O) groups excluding carboxylic acids is 1. The Hall–Kier alpha value is -2.09. The predicted octanol–water partition coefficient (Wildman–Crippen LogP) is 3.53. The second-order valence-electron chi connectivity index (χ2n) is 6.67. The van der Waals surface area contributed by atoms with Crippen molar-refractivity contribution in [2.75, 3.05) is 13.2 Å². The molecule has 152 valence electrons. The maximum Gasteiger partial charge on any atom is 0.251 e. The molecule has 0 aromatic heterocycles. The van der Waals surface area contributed by atoms with Crippen LogP contribution in [0.3, 0.4) is 0 Å². The van der Waals surface area contributed by atoms with Crippen molar-refractivity contribution in [2.45, 2.75) is 38.1 Å². The van der Waals surface area contributed by atoms with Crippen molar-refractivity contribution in [1.82, 2.24) is 10.0 Å². The molecule has 0 heterocycles. The monoisotopic (exact) mass is 424 g/mol. The molecule has 0 bridgehead atoms. The summed E-state index contributed by atoms with van der Waals surface area (Å²) in [6.45, 7) is 6.32. The van der Waals surface area contributed by atoms with Gasteiger partial charge >= 0.3 is 0 Å². The fraction of sp³-hybridized carbons (Fsp3) is 0.350. The maximum atomic E-state index is 12.2. The van der Waals surface area contributed by atoms with Crippen LogP contribution >= 0.6 is 11.6 Å². The number of sulfonamides is 1. The highest BCUT2D eigenvalue weighted by molar-refractivity contribution is 7.89. The Labute approximate surface area is 171 Å². The highest BCUT2D eigenvalue weighted by Crippen LogP contribution is 2.21. The van der Waals surface area contributed by atoms with Crippen LogP contribution in [0.2, 0.25) is 5.02 Å². The molecule has 1 amide bonds. The van der Waals surface area contributed by atoms with Gasteiger partial charge in [-0.15, -0.1) is 0 Å². The molecule has 0 saturated heterocycles. The van der Waals surface area contributed by atoms with E-state index in [4.69, 9.17) is 16.3 Å². The van der Waals surface area contributed by atoms with Gasteiger partial charge in [0.15, 0.2) is 0 Å². The quantitative estimate of drug-likeness (QED) is 0.603. The van der Waals surface area contributed by atoms with E-state index in [1.807, 2.05) is 19.1 Å². The molecule has 0 aliphatic rings. The van der Waals surface area contributed by atoms with Crippen LogP contribution in [0.25, 0.3) is 0 Å². The van der Waals surface area contributed by atoms with Crippen molar-refractivity contribution in [3.8, 4) is 5.75 Å². The average molecular weight is 425 g/mol. The summed E-state index contributed by atoms with van der Waals surface area (Å²) in [4.78, 5) is 12.3. The minimum Gasteiger partial charge on any atom is -0.493 e. The molecular formula is C20H25ClN2O4S. The van der Waals surface area contributed by atoms with Gasteiger partial charge in [-0.1, -0.05) is 11.6 Å². The van der Waals surface area contributed by atoms with Crippen molar-refractivity contribution >= 4 is 27.5 Å². The van der Waals surface area contributed by atoms with E-state index in [0.29, 0.717) is 30.2 Å². The van der Waals surface area contributed by atoms with Crippen LogP contribution < -0.4 is 14.8 Å². The molecule has 0 aliphatic carbocycles. The lowest BCUT2D eigenvalue weighted by atomic mass is 10.2. The zero-order chi connectivity index (χ0) is 20.7. The van der Waals surface area contributed by atoms with E-state index >= 15 is 0 Å². The van der Waals surface area contributed by atoms with Crippen molar-refractivity contribution in [1.29, 1.82) is 0 Å². The van der Waals surface area contributed by atoms with Gasteiger partial charge in [-0.25, -0.2) is 13.1 Å². The number of ether oxygens (including phenoxy) is 1. The minimum absolute atomic E-state index is 0.129. The first-order valence-corrected chi connectivity index (χ1v) is 10.8. The number of amides is 1. The number of hydrogen-bond donors (Lipinski definition) is 2. The van der Waals surface area contributed by atoms with Gasteiger partial charge in [0, 0.05) is 23.2 Å². The van der Waals surface area contributed by atoms with Crippen molar-refractivity contribution in [3.05, 3.63) is 58.6 Å². The van der Waals surface area contributed by atoms with E-state index in [1.54, 1.807) is 19.9 Å². The Balaban J connectivity index is 1.80. The predicted molar refractivity (Wildman–Crippen MR) is 111 cm³/mol. The average Bonchev–Trinajstić information content (AvgIpc) is 2.62. The van der Waals surface area contributed by atoms with Gasteiger partial charge in [-0.2, -0.15) is 0 Å². The summed E-state index contributed by atoms with van der Waals surface area (Å²) in [6, 6.07) is 11.1. The van der Waals surface area contributed by atoms with E-state index < -0.39 is 10.0 Å². The van der Waals surface area contributed by atoms with Gasteiger partial charge in [0.1, 0.15) is 5.75 Å². The standard InChI is InChI=1S/C20H25ClN2O4S/c1-14(2)23-28(25,26)18-8-5-16(6-9-18)20(24)22-11-4-12-27-19-10-7-17(21)13-15(19)3/h5-10,13-14,23H,4,11-12H2,1-3H3,(H,22,24). The summed E-state index contributed by atoms with van der Waals surface area (Å²) >= 11 is 5.91. The van der Waals surface area contributed by atoms with Crippen LogP contribution in [0, 0.1) is 6.92 Å². The van der Waals surface area contributed by atoms with Gasteiger partial charge in [0.05, 0.1) is 11.5 Å². The molecule has 0 fully saturated rings. The van der Waals surface area contributed by atoms with Gasteiger partial charge in [0.2, 0.25) is 10.0 Å². The maximum absolute atomic E-state index is 12.2. The van der Waals surface area contributed by atoms with Gasteiger partial charge in [-0.3, -0.25) is 4.79 Å². The first-order valence-electron chi connectivity index (χ1n) is 8.98. The first kappa shape index (κ1) is 22.2. The summed E-state index contributed by atoms with van der Waals surface area (Å²) in [7, 11) is -3.57. The molecule has 0 aliphatic heterocycles. The molecule has 8 heteroatoms. The summed E-state index contributed by atoms with van der Waals surface area (Å²) < 4.78 is 32.4. The van der Waals surface area contributed by atoms with Crippen molar-refractivity contribution in [2.24, 2.45) is 0 Å². The van der Waals surface area contributed by atoms with Gasteiger partial charge in [-0.05, 0) is 75.2 Å². The third kappa shape index (κ3) is 6.51. The van der Waals surface area contributed by atoms with Crippen molar-refractivity contribution < 1.29 is 17.9 Å². The fourth-order valence-corrected chi connectivity index (χ4v) is 3.97. The molecular weight excluding hydrogens is 400 g/mol. The Morgan fingerprint density at radius 3 is 2.43 bits per heavy atom. The topological polar surface area (TPSA) is 84.5 Å². The smallest absolute Gasteiger partial charge is 0.251 e. The zero-order valence-electron chi connectivity index (χ0n) is 16.2. The molecule has 0 atom stereocenters. The van der Waals surface area contributed by atoms with Gasteiger partial charge < -0.3 is 10.1 Å². The second kappa shape index (κ2) is 9.91. The van der Waals surface area contributed by atoms with Crippen LogP contribution in [0.15, 0.2) is 47.4 Å². The SMILES string of the molecule is Cc1cc(Cl)ccc1OCCCNC(=O)c1ccc(S(=O)(=O)NC(C)C)cc1. The van der Waals surface area contributed by atoms with Crippen LogP contribution in [0.4, 0.5) is 0 Å². The van der Waals surface area contributed by atoms with Crippen LogP contribution in [0.1, 0.15) is 36.2 Å². The Morgan fingerprint density at radius 2 is 1.82 bits per heavy atom. The normalized spacial score (nSPS) is 11.5. The molecule has 0 radical (unpaired) electrons. The molecule has 2 rings (SSSR count). The number of halogens is 1. The minimum atomic E-state index is -3.57. The molecule has 0 unspecified atom stereocenters. The van der Waals surface area contributed by atoms with E-state index in [2.05, 4.69) is 10.0 Å². The number of carbonyl (C=O) groups is 1. The largest absolute Gasteiger partial charge is 0.493 e. The first-order chi connectivity index (χ1) is 13.2. The molecule has 0 saturated carbocycles. The summed E-state index contributed by atoms with van der Waals surface area (Å²) in [5.41, 5.74) is 1.36. The number of hydrogen-bond acceptors (Lipinski definition) is 4. The van der Waals surface area contributed by atoms with Crippen LogP contribution in [-0.2, 0) is 10.0 Å². The number of rotatable bonds is 9. The number of benzene rings is 2. The lowest BCUT2D eigenvalue weighted by Crippen LogP contribution is -2.30. The van der Waals surface area contributed by atoms with E-state index in [-0.39, 0.29) is 16.8 Å². The lowest BCUT2D eigenvalue weighted by molar-refractivity contribution is 0.0951. The molecule has 6 nitrogen and oxygen atoms in total. The third-order valence-corrected chi connectivity index (χ3v) is 5.73. The number of nitrogens with one attached hydrogen (secondary N) is 2. The molecule has 28 heavy (non-hydrogen) atoms. The lowest BCUT2D eigenvalue weighted by Gasteiger charge is -2.11. The molecule has 2 aromatic carbocycles. The second-order valence-corrected chi connectivity index (χ2v) is 8.82. The molecule has 0 spiro atoms. The Bertz CT molecular complexity index is 912. The summed E-state index contributed by atoms with van der Waals surface area (Å²) in [6.07, 6.45) is 0.637. The van der Waals surface area contributed by atoms with Gasteiger partial charge in [0.25, 0.3) is 5.91 Å². The van der Waals surface area contributed by atoms with Crippen LogP contribution in [0.5, 0.6) is 5.75 Å². The summed E-state index contributed by atoms with van der Waals surface area (Å²) in [5, 5.41) is 3.46. The van der Waals surface area contributed by atoms with Crippen LogP contribution in [-0.4, -0.2) is 33.5 Å². The highest BCUT2D eigenvalue weighted by Gasteiger charge is 2.15. The zero-order valence-corrected chi connectivity index (χ0v) is 17.7. The highest BCUT2D eigenvalue weighted by atomic mass is 35.5. The van der Waals surface area contributed by atoms with E-state index in [1.165, 1.54) is 24.3 Å². The Morgan fingerprint density at radius 1 is 1.14 bits per heavy atom. The number of aryl methyl sites for hydroxylation is 1. The summed E-state index contributed by atoms with van der Waals surface area (Å²) in [5.74, 6) is 0.506. The van der Waals surface area contributed by atoms with Crippen molar-refractivity contribution in [3.63, 3.8) is 0 Å².